The summed E-state index contributed by atoms with van der Waals surface area (Å²) in [4.78, 5) is 23.1. The highest BCUT2D eigenvalue weighted by Gasteiger charge is 2.05. The van der Waals surface area contributed by atoms with E-state index < -0.39 is 0 Å². The number of furan rings is 1. The summed E-state index contributed by atoms with van der Waals surface area (Å²) in [5.74, 6) is 0.134. The Bertz CT molecular complexity index is 631. The van der Waals surface area contributed by atoms with Gasteiger partial charge in [-0.2, -0.15) is 5.10 Å². The average molecular weight is 285 g/mol. The van der Waals surface area contributed by atoms with Crippen LogP contribution in [0.25, 0.3) is 0 Å². The van der Waals surface area contributed by atoms with E-state index in [1.54, 1.807) is 43.3 Å². The van der Waals surface area contributed by atoms with Gasteiger partial charge in [-0.05, 0) is 36.4 Å². The highest BCUT2D eigenvalue weighted by Crippen LogP contribution is 2.09. The SMILES string of the molecule is CCC(=O)Nc1ccc(C(=O)N/N=C\c2ccco2)cc1. The summed E-state index contributed by atoms with van der Waals surface area (Å²) in [5.41, 5.74) is 3.49. The molecule has 0 aliphatic heterocycles. The van der Waals surface area contributed by atoms with Gasteiger partial charge in [0.1, 0.15) is 5.76 Å². The van der Waals surface area contributed by atoms with Crippen molar-refractivity contribution in [2.45, 2.75) is 13.3 Å². The van der Waals surface area contributed by atoms with Crippen LogP contribution in [0.3, 0.4) is 0 Å². The minimum absolute atomic E-state index is 0.0738. The van der Waals surface area contributed by atoms with E-state index in [2.05, 4.69) is 15.8 Å². The van der Waals surface area contributed by atoms with E-state index in [0.29, 0.717) is 23.4 Å². The molecule has 0 spiro atoms. The molecule has 1 aromatic heterocycles. The molecular weight excluding hydrogens is 270 g/mol. The first-order valence-electron chi connectivity index (χ1n) is 6.46. The first-order chi connectivity index (χ1) is 10.2. The molecule has 0 atom stereocenters. The van der Waals surface area contributed by atoms with Gasteiger partial charge in [0.25, 0.3) is 5.91 Å². The van der Waals surface area contributed by atoms with Gasteiger partial charge in [-0.25, -0.2) is 5.43 Å². The van der Waals surface area contributed by atoms with Crippen LogP contribution in [0.1, 0.15) is 29.5 Å². The lowest BCUT2D eigenvalue weighted by Crippen LogP contribution is -2.17. The Kier molecular flexibility index (Phi) is 4.87. The molecule has 1 heterocycles. The fourth-order valence-electron chi connectivity index (χ4n) is 1.54. The van der Waals surface area contributed by atoms with Crippen molar-refractivity contribution < 1.29 is 14.0 Å². The van der Waals surface area contributed by atoms with Gasteiger partial charge < -0.3 is 9.73 Å². The first kappa shape index (κ1) is 14.5. The Labute approximate surface area is 121 Å². The molecule has 6 nitrogen and oxygen atoms in total. The first-order valence-corrected chi connectivity index (χ1v) is 6.46. The number of hydrogen-bond acceptors (Lipinski definition) is 4. The van der Waals surface area contributed by atoms with Crippen molar-refractivity contribution >= 4 is 23.7 Å². The molecule has 0 fully saturated rings. The lowest BCUT2D eigenvalue weighted by molar-refractivity contribution is -0.115. The molecule has 2 rings (SSSR count). The van der Waals surface area contributed by atoms with E-state index in [1.807, 2.05) is 0 Å². The van der Waals surface area contributed by atoms with E-state index in [9.17, 15) is 9.59 Å². The molecule has 1 aromatic carbocycles. The number of anilines is 1. The van der Waals surface area contributed by atoms with Crippen LogP contribution in [-0.2, 0) is 4.79 Å². The van der Waals surface area contributed by atoms with E-state index in [0.717, 1.165) is 0 Å². The summed E-state index contributed by atoms with van der Waals surface area (Å²) >= 11 is 0. The maximum Gasteiger partial charge on any atom is 0.271 e. The molecule has 0 aliphatic rings. The van der Waals surface area contributed by atoms with E-state index in [-0.39, 0.29) is 11.8 Å². The molecule has 0 unspecified atom stereocenters. The molecular formula is C15H15N3O3. The third-order valence-corrected chi connectivity index (χ3v) is 2.65. The van der Waals surface area contributed by atoms with Crippen LogP contribution < -0.4 is 10.7 Å². The molecule has 0 saturated heterocycles. The molecule has 108 valence electrons. The lowest BCUT2D eigenvalue weighted by Gasteiger charge is -2.04. The molecule has 0 aliphatic carbocycles. The molecule has 21 heavy (non-hydrogen) atoms. The van der Waals surface area contributed by atoms with E-state index >= 15 is 0 Å². The predicted octanol–water partition coefficient (Wildman–Crippen LogP) is 2.39. The summed E-state index contributed by atoms with van der Waals surface area (Å²) in [6.07, 6.45) is 3.34. The molecule has 0 radical (unpaired) electrons. The second-order valence-corrected chi connectivity index (χ2v) is 4.19. The van der Waals surface area contributed by atoms with Gasteiger partial charge in [0.15, 0.2) is 0 Å². The summed E-state index contributed by atoms with van der Waals surface area (Å²) in [6.45, 7) is 1.77. The minimum Gasteiger partial charge on any atom is -0.463 e. The van der Waals surface area contributed by atoms with Crippen LogP contribution in [0.15, 0.2) is 52.2 Å². The number of carbonyl (C=O) groups is 2. The normalized spacial score (nSPS) is 10.5. The maximum absolute atomic E-state index is 11.8. The number of nitrogens with one attached hydrogen (secondary N) is 2. The molecule has 2 N–H and O–H groups in total. The van der Waals surface area contributed by atoms with Crippen LogP contribution in [0, 0.1) is 0 Å². The smallest absolute Gasteiger partial charge is 0.271 e. The minimum atomic E-state index is -0.342. The monoisotopic (exact) mass is 285 g/mol. The van der Waals surface area contributed by atoms with Gasteiger partial charge in [0.05, 0.1) is 12.5 Å². The van der Waals surface area contributed by atoms with Crippen molar-refractivity contribution in [3.63, 3.8) is 0 Å². The second kappa shape index (κ2) is 7.04. The Morgan fingerprint density at radius 3 is 2.62 bits per heavy atom. The number of hydrogen-bond donors (Lipinski definition) is 2. The van der Waals surface area contributed by atoms with Gasteiger partial charge in [0.2, 0.25) is 5.91 Å². The van der Waals surface area contributed by atoms with Gasteiger partial charge in [-0.15, -0.1) is 0 Å². The highest BCUT2D eigenvalue weighted by atomic mass is 16.3. The predicted molar refractivity (Wildman–Crippen MR) is 79.1 cm³/mol. The Balaban J connectivity index is 1.92. The second-order valence-electron chi connectivity index (χ2n) is 4.19. The summed E-state index contributed by atoms with van der Waals surface area (Å²) < 4.78 is 5.04. The molecule has 2 aromatic rings. The van der Waals surface area contributed by atoms with Crippen molar-refractivity contribution in [1.82, 2.24) is 5.43 Å². The van der Waals surface area contributed by atoms with Crippen molar-refractivity contribution in [3.8, 4) is 0 Å². The number of amides is 2. The van der Waals surface area contributed by atoms with Crippen molar-refractivity contribution in [2.24, 2.45) is 5.10 Å². The van der Waals surface area contributed by atoms with Gasteiger partial charge in [0, 0.05) is 17.7 Å². The third-order valence-electron chi connectivity index (χ3n) is 2.65. The Morgan fingerprint density at radius 2 is 2.00 bits per heavy atom. The van der Waals surface area contributed by atoms with Crippen LogP contribution in [0.4, 0.5) is 5.69 Å². The Hall–Kier alpha value is -2.89. The zero-order chi connectivity index (χ0) is 15.1. The zero-order valence-corrected chi connectivity index (χ0v) is 11.5. The van der Waals surface area contributed by atoms with Gasteiger partial charge in [-0.1, -0.05) is 6.92 Å². The van der Waals surface area contributed by atoms with Crippen molar-refractivity contribution in [1.29, 1.82) is 0 Å². The maximum atomic E-state index is 11.8. The van der Waals surface area contributed by atoms with Crippen molar-refractivity contribution in [2.75, 3.05) is 5.32 Å². The lowest BCUT2D eigenvalue weighted by atomic mass is 10.2. The summed E-state index contributed by atoms with van der Waals surface area (Å²) in [6, 6.07) is 10.0. The number of hydrazone groups is 1. The number of benzene rings is 1. The summed E-state index contributed by atoms with van der Waals surface area (Å²) in [5, 5.41) is 6.49. The standard InChI is InChI=1S/C15H15N3O3/c1-2-14(19)17-12-7-5-11(6-8-12)15(20)18-16-10-13-4-3-9-21-13/h3-10H,2H2,1H3,(H,17,19)(H,18,20)/b16-10-. The molecule has 2 amide bonds. The van der Waals surface area contributed by atoms with E-state index in [1.165, 1.54) is 12.5 Å². The molecule has 0 bridgehead atoms. The zero-order valence-electron chi connectivity index (χ0n) is 11.5. The van der Waals surface area contributed by atoms with Crippen LogP contribution in [0.5, 0.6) is 0 Å². The Morgan fingerprint density at radius 1 is 1.24 bits per heavy atom. The van der Waals surface area contributed by atoms with Gasteiger partial charge in [-0.3, -0.25) is 9.59 Å². The molecule has 6 heteroatoms. The number of rotatable bonds is 5. The molecule has 0 saturated carbocycles. The third kappa shape index (κ3) is 4.31. The summed E-state index contributed by atoms with van der Waals surface area (Å²) in [7, 11) is 0. The van der Waals surface area contributed by atoms with Crippen LogP contribution in [-0.4, -0.2) is 18.0 Å². The van der Waals surface area contributed by atoms with Crippen LogP contribution in [0.2, 0.25) is 0 Å². The number of nitrogens with zero attached hydrogens (tertiary/aromatic N) is 1. The quantitative estimate of drug-likeness (QED) is 0.653. The number of carbonyl (C=O) groups excluding carboxylic acids is 2. The van der Waals surface area contributed by atoms with Gasteiger partial charge >= 0.3 is 0 Å². The average Bonchev–Trinajstić information content (AvgIpc) is 3.01. The van der Waals surface area contributed by atoms with E-state index in [4.69, 9.17) is 4.42 Å². The highest BCUT2D eigenvalue weighted by molar-refractivity contribution is 5.96. The van der Waals surface area contributed by atoms with Crippen LogP contribution >= 0.6 is 0 Å². The largest absolute Gasteiger partial charge is 0.463 e. The topological polar surface area (TPSA) is 83.7 Å². The van der Waals surface area contributed by atoms with Crippen molar-refractivity contribution in [3.05, 3.63) is 54.0 Å². The fraction of sp³-hybridized carbons (Fsp3) is 0.133. The fourth-order valence-corrected chi connectivity index (χ4v) is 1.54.